The standard InChI is InChI=1S/C19H17ClN4O3S/c1-11-9-15(23-27-11)19(26)24-7-5-14-16(6-8-24)28-18(22-14)17(25)21-13-4-2-3-12(20)10-13/h2-4,9-10H,5-8H2,1H3,(H,21,25). The number of nitrogens with one attached hydrogen (secondary N) is 1. The molecule has 9 heteroatoms. The molecule has 28 heavy (non-hydrogen) atoms. The fourth-order valence-corrected chi connectivity index (χ4v) is 4.23. The maximum absolute atomic E-state index is 12.6. The molecule has 2 aromatic heterocycles. The van der Waals surface area contributed by atoms with Crippen LogP contribution in [0.1, 0.15) is 36.6 Å². The monoisotopic (exact) mass is 416 g/mol. The highest BCUT2D eigenvalue weighted by Crippen LogP contribution is 2.25. The minimum absolute atomic E-state index is 0.147. The highest BCUT2D eigenvalue weighted by atomic mass is 35.5. The van der Waals surface area contributed by atoms with E-state index in [9.17, 15) is 9.59 Å². The molecular formula is C19H17ClN4O3S. The molecule has 0 atom stereocenters. The van der Waals surface area contributed by atoms with E-state index in [4.69, 9.17) is 16.1 Å². The Morgan fingerprint density at radius 2 is 2.07 bits per heavy atom. The lowest BCUT2D eigenvalue weighted by atomic mass is 10.2. The molecule has 0 saturated carbocycles. The number of aromatic nitrogens is 2. The van der Waals surface area contributed by atoms with Gasteiger partial charge in [0.25, 0.3) is 11.8 Å². The zero-order chi connectivity index (χ0) is 19.7. The average Bonchev–Trinajstić information content (AvgIpc) is 3.23. The van der Waals surface area contributed by atoms with Gasteiger partial charge >= 0.3 is 0 Å². The average molecular weight is 417 g/mol. The highest BCUT2D eigenvalue weighted by Gasteiger charge is 2.25. The summed E-state index contributed by atoms with van der Waals surface area (Å²) in [6.07, 6.45) is 1.25. The molecule has 1 N–H and O–H groups in total. The Morgan fingerprint density at radius 3 is 2.82 bits per heavy atom. The van der Waals surface area contributed by atoms with E-state index in [1.807, 2.05) is 0 Å². The number of nitrogens with zero attached hydrogens (tertiary/aromatic N) is 3. The van der Waals surface area contributed by atoms with Crippen LogP contribution in [-0.2, 0) is 12.8 Å². The van der Waals surface area contributed by atoms with Crippen LogP contribution in [0, 0.1) is 6.92 Å². The molecule has 2 amide bonds. The summed E-state index contributed by atoms with van der Waals surface area (Å²) >= 11 is 7.32. The van der Waals surface area contributed by atoms with Gasteiger partial charge in [0, 0.05) is 47.6 Å². The van der Waals surface area contributed by atoms with Crippen LogP contribution >= 0.6 is 22.9 Å². The molecule has 0 unspecified atom stereocenters. The van der Waals surface area contributed by atoms with Crippen molar-refractivity contribution in [2.45, 2.75) is 19.8 Å². The Balaban J connectivity index is 1.43. The molecule has 3 aromatic rings. The van der Waals surface area contributed by atoms with Crippen LogP contribution in [0.15, 0.2) is 34.9 Å². The van der Waals surface area contributed by atoms with Crippen LogP contribution in [0.4, 0.5) is 5.69 Å². The van der Waals surface area contributed by atoms with Crippen LogP contribution < -0.4 is 5.32 Å². The molecule has 7 nitrogen and oxygen atoms in total. The van der Waals surface area contributed by atoms with Gasteiger partial charge in [-0.3, -0.25) is 9.59 Å². The van der Waals surface area contributed by atoms with Crippen molar-refractivity contribution in [2.75, 3.05) is 18.4 Å². The number of hydrogen-bond acceptors (Lipinski definition) is 6. The number of carbonyl (C=O) groups excluding carboxylic acids is 2. The first kappa shape index (κ1) is 18.6. The third kappa shape index (κ3) is 3.93. The van der Waals surface area contributed by atoms with Crippen molar-refractivity contribution in [2.24, 2.45) is 0 Å². The van der Waals surface area contributed by atoms with E-state index in [0.29, 0.717) is 53.1 Å². The topological polar surface area (TPSA) is 88.3 Å². The van der Waals surface area contributed by atoms with Gasteiger partial charge in [0.15, 0.2) is 10.7 Å². The van der Waals surface area contributed by atoms with Crippen molar-refractivity contribution in [3.63, 3.8) is 0 Å². The Labute approximate surface area is 170 Å². The molecule has 1 aromatic carbocycles. The fraction of sp³-hybridized carbons (Fsp3) is 0.263. The third-order valence-electron chi connectivity index (χ3n) is 4.42. The van der Waals surface area contributed by atoms with Crippen LogP contribution in [0.3, 0.4) is 0 Å². The van der Waals surface area contributed by atoms with E-state index >= 15 is 0 Å². The van der Waals surface area contributed by atoms with E-state index in [0.717, 1.165) is 10.6 Å². The van der Waals surface area contributed by atoms with Crippen molar-refractivity contribution in [3.8, 4) is 0 Å². The number of fused-ring (bicyclic) bond motifs is 1. The number of anilines is 1. The van der Waals surface area contributed by atoms with Crippen LogP contribution in [0.5, 0.6) is 0 Å². The van der Waals surface area contributed by atoms with Gasteiger partial charge in [-0.1, -0.05) is 22.8 Å². The minimum atomic E-state index is -0.258. The summed E-state index contributed by atoms with van der Waals surface area (Å²) in [4.78, 5) is 32.3. The van der Waals surface area contributed by atoms with Crippen molar-refractivity contribution in [1.29, 1.82) is 0 Å². The van der Waals surface area contributed by atoms with Gasteiger partial charge < -0.3 is 14.7 Å². The largest absolute Gasteiger partial charge is 0.361 e. The summed E-state index contributed by atoms with van der Waals surface area (Å²) in [5.74, 6) is 0.201. The lowest BCUT2D eigenvalue weighted by Crippen LogP contribution is -2.33. The molecule has 1 aliphatic rings. The van der Waals surface area contributed by atoms with Gasteiger partial charge in [-0.2, -0.15) is 0 Å². The number of amides is 2. The molecule has 4 rings (SSSR count). The zero-order valence-corrected chi connectivity index (χ0v) is 16.6. The molecule has 0 saturated heterocycles. The number of aryl methyl sites for hydroxylation is 1. The van der Waals surface area contributed by atoms with Crippen molar-refractivity contribution < 1.29 is 14.1 Å². The number of halogens is 1. The number of benzene rings is 1. The molecule has 3 heterocycles. The number of thiazole rings is 1. The number of rotatable bonds is 3. The van der Waals surface area contributed by atoms with E-state index in [1.165, 1.54) is 11.3 Å². The smallest absolute Gasteiger partial charge is 0.284 e. The lowest BCUT2D eigenvalue weighted by Gasteiger charge is -2.18. The molecule has 0 aliphatic carbocycles. The van der Waals surface area contributed by atoms with Gasteiger partial charge in [0.2, 0.25) is 0 Å². The first-order valence-electron chi connectivity index (χ1n) is 8.77. The van der Waals surface area contributed by atoms with E-state index in [1.54, 1.807) is 42.2 Å². The molecule has 0 fully saturated rings. The lowest BCUT2D eigenvalue weighted by molar-refractivity contribution is 0.0752. The summed E-state index contributed by atoms with van der Waals surface area (Å²) in [6.45, 7) is 2.83. The predicted octanol–water partition coefficient (Wildman–Crippen LogP) is 3.59. The van der Waals surface area contributed by atoms with Gasteiger partial charge in [-0.15, -0.1) is 11.3 Å². The molecule has 0 radical (unpaired) electrons. The predicted molar refractivity (Wildman–Crippen MR) is 106 cm³/mol. The van der Waals surface area contributed by atoms with Crippen molar-refractivity contribution in [1.82, 2.24) is 15.0 Å². The summed E-state index contributed by atoms with van der Waals surface area (Å²) in [5.41, 5.74) is 1.81. The summed E-state index contributed by atoms with van der Waals surface area (Å²) < 4.78 is 4.99. The van der Waals surface area contributed by atoms with E-state index in [2.05, 4.69) is 15.5 Å². The molecule has 1 aliphatic heterocycles. The van der Waals surface area contributed by atoms with Gasteiger partial charge in [0.1, 0.15) is 5.76 Å². The van der Waals surface area contributed by atoms with E-state index < -0.39 is 0 Å². The van der Waals surface area contributed by atoms with Gasteiger partial charge in [0.05, 0.1) is 5.69 Å². The van der Waals surface area contributed by atoms with E-state index in [-0.39, 0.29) is 11.8 Å². The van der Waals surface area contributed by atoms with Crippen molar-refractivity contribution >= 4 is 40.4 Å². The first-order chi connectivity index (χ1) is 13.5. The Kier molecular flexibility index (Phi) is 5.15. The SMILES string of the molecule is Cc1cc(C(=O)N2CCc3nc(C(=O)Nc4cccc(Cl)c4)sc3CC2)no1. The second-order valence-corrected chi connectivity index (χ2v) is 7.99. The quantitative estimate of drug-likeness (QED) is 0.704. The summed E-state index contributed by atoms with van der Waals surface area (Å²) in [7, 11) is 0. The number of hydrogen-bond donors (Lipinski definition) is 1. The minimum Gasteiger partial charge on any atom is -0.361 e. The zero-order valence-electron chi connectivity index (χ0n) is 15.1. The van der Waals surface area contributed by atoms with Gasteiger partial charge in [-0.05, 0) is 25.1 Å². The van der Waals surface area contributed by atoms with Crippen LogP contribution in [0.2, 0.25) is 5.02 Å². The second-order valence-electron chi connectivity index (χ2n) is 6.47. The molecule has 144 valence electrons. The van der Waals surface area contributed by atoms with Crippen LogP contribution in [-0.4, -0.2) is 39.9 Å². The maximum Gasteiger partial charge on any atom is 0.284 e. The van der Waals surface area contributed by atoms with Crippen LogP contribution in [0.25, 0.3) is 0 Å². The molecule has 0 bridgehead atoms. The Morgan fingerprint density at radius 1 is 1.25 bits per heavy atom. The second kappa shape index (κ2) is 7.73. The normalized spacial score (nSPS) is 13.7. The summed E-state index contributed by atoms with van der Waals surface area (Å²) in [6, 6.07) is 8.62. The Bertz CT molecular complexity index is 1020. The Hall–Kier alpha value is -2.71. The first-order valence-corrected chi connectivity index (χ1v) is 9.97. The molecular weight excluding hydrogens is 400 g/mol. The molecule has 0 spiro atoms. The highest BCUT2D eigenvalue weighted by molar-refractivity contribution is 7.13. The fourth-order valence-electron chi connectivity index (χ4n) is 3.04. The van der Waals surface area contributed by atoms with Crippen molar-refractivity contribution in [3.05, 3.63) is 62.4 Å². The third-order valence-corrected chi connectivity index (χ3v) is 5.81. The van der Waals surface area contributed by atoms with Gasteiger partial charge in [-0.25, -0.2) is 4.98 Å². The maximum atomic E-state index is 12.6. The summed E-state index contributed by atoms with van der Waals surface area (Å²) in [5, 5.41) is 7.59. The number of carbonyl (C=O) groups is 2.